The second-order valence-corrected chi connectivity index (χ2v) is 2.79. The molecule has 0 saturated heterocycles. The second kappa shape index (κ2) is 7.20. The first-order valence-electron chi connectivity index (χ1n) is 2.90. The monoisotopic (exact) mass is 214 g/mol. The molecule has 7 heteroatoms. The fourth-order valence-corrected chi connectivity index (χ4v) is 0.927. The minimum atomic E-state index is -1.10. The molecule has 0 bridgehead atoms. The molecule has 1 atom stereocenters. The van der Waals surface area contributed by atoms with Crippen molar-refractivity contribution in [1.82, 2.24) is 5.32 Å². The maximum Gasteiger partial charge on any atom is 0.321 e. The van der Waals surface area contributed by atoms with Crippen LogP contribution < -0.4 is 11.1 Å². The number of carboxylic acids is 1. The van der Waals surface area contributed by atoms with Crippen LogP contribution >= 0.6 is 24.2 Å². The third-order valence-electron chi connectivity index (χ3n) is 0.915. The minimum Gasteiger partial charge on any atom is -0.480 e. The Kier molecular flexibility index (Phi) is 8.46. The second-order valence-electron chi connectivity index (χ2n) is 1.79. The summed E-state index contributed by atoms with van der Waals surface area (Å²) in [7, 11) is 1.47. The van der Waals surface area contributed by atoms with Crippen LogP contribution in [-0.4, -0.2) is 35.2 Å². The maximum atomic E-state index is 10.5. The predicted octanol–water partition coefficient (Wildman–Crippen LogP) is -0.107. The minimum absolute atomic E-state index is 0. The molecule has 0 aliphatic rings. The van der Waals surface area contributed by atoms with Crippen LogP contribution in [-0.2, 0) is 4.79 Å². The molecule has 0 aliphatic heterocycles. The smallest absolute Gasteiger partial charge is 0.321 e. The Labute approximate surface area is 80.5 Å². The van der Waals surface area contributed by atoms with E-state index in [0.717, 1.165) is 11.8 Å². The van der Waals surface area contributed by atoms with Crippen LogP contribution in [0.2, 0.25) is 0 Å². The maximum absolute atomic E-state index is 10.5. The molecular formula is C5H11ClN2O3S. The summed E-state index contributed by atoms with van der Waals surface area (Å²) in [5.74, 6) is -1.00. The third-order valence-corrected chi connectivity index (χ3v) is 1.91. The summed E-state index contributed by atoms with van der Waals surface area (Å²) < 4.78 is 0. The molecule has 0 spiro atoms. The Bertz CT molecular complexity index is 167. The average molecular weight is 215 g/mol. The number of hydrogen-bond acceptors (Lipinski definition) is 4. The molecule has 0 aromatic heterocycles. The predicted molar refractivity (Wildman–Crippen MR) is 49.8 cm³/mol. The number of halogens is 1. The fraction of sp³-hybridized carbons (Fsp3) is 0.600. The zero-order valence-corrected chi connectivity index (χ0v) is 8.08. The van der Waals surface area contributed by atoms with Crippen molar-refractivity contribution < 1.29 is 14.7 Å². The lowest BCUT2D eigenvalue weighted by atomic mass is 10.4. The number of carbonyl (C=O) groups is 2. The summed E-state index contributed by atoms with van der Waals surface area (Å²) in [5.41, 5.74) is 5.12. The van der Waals surface area contributed by atoms with Gasteiger partial charge in [-0.3, -0.25) is 9.59 Å². The Hall–Kier alpha value is -0.460. The number of hydrogen-bond donors (Lipinski definition) is 3. The van der Waals surface area contributed by atoms with Crippen molar-refractivity contribution in [2.75, 3.05) is 12.8 Å². The fourth-order valence-electron chi connectivity index (χ4n) is 0.309. The first-order chi connectivity index (χ1) is 5.07. The van der Waals surface area contributed by atoms with Crippen molar-refractivity contribution in [3.05, 3.63) is 0 Å². The Balaban J connectivity index is 0. The van der Waals surface area contributed by atoms with Crippen LogP contribution in [0.5, 0.6) is 0 Å². The quantitative estimate of drug-likeness (QED) is 0.610. The van der Waals surface area contributed by atoms with Gasteiger partial charge in [-0.1, -0.05) is 11.8 Å². The highest BCUT2D eigenvalue weighted by Crippen LogP contribution is 2.01. The summed E-state index contributed by atoms with van der Waals surface area (Å²) in [5, 5.41) is 10.4. The Morgan fingerprint density at radius 3 is 2.50 bits per heavy atom. The van der Waals surface area contributed by atoms with Crippen LogP contribution in [0.3, 0.4) is 0 Å². The molecule has 0 fully saturated rings. The lowest BCUT2D eigenvalue weighted by molar-refractivity contribution is -0.137. The van der Waals surface area contributed by atoms with E-state index in [1.165, 1.54) is 7.05 Å². The summed E-state index contributed by atoms with van der Waals surface area (Å²) in [6.07, 6.45) is 0. The molecule has 0 unspecified atom stereocenters. The van der Waals surface area contributed by atoms with E-state index in [9.17, 15) is 9.59 Å². The van der Waals surface area contributed by atoms with Crippen molar-refractivity contribution in [3.8, 4) is 0 Å². The molecular weight excluding hydrogens is 204 g/mol. The molecule has 0 rings (SSSR count). The van der Waals surface area contributed by atoms with Gasteiger partial charge in [0.1, 0.15) is 6.04 Å². The van der Waals surface area contributed by atoms with E-state index in [2.05, 4.69) is 5.32 Å². The molecule has 4 N–H and O–H groups in total. The zero-order chi connectivity index (χ0) is 8.85. The molecule has 0 saturated carbocycles. The third kappa shape index (κ3) is 6.26. The molecule has 12 heavy (non-hydrogen) atoms. The molecule has 0 radical (unpaired) electrons. The summed E-state index contributed by atoms with van der Waals surface area (Å²) in [4.78, 5) is 20.7. The molecule has 1 amide bonds. The van der Waals surface area contributed by atoms with Gasteiger partial charge in [-0.2, -0.15) is 0 Å². The van der Waals surface area contributed by atoms with E-state index in [4.69, 9.17) is 10.8 Å². The van der Waals surface area contributed by atoms with Crippen molar-refractivity contribution in [2.45, 2.75) is 6.04 Å². The van der Waals surface area contributed by atoms with E-state index in [1.54, 1.807) is 0 Å². The normalized spacial score (nSPS) is 11.2. The molecule has 0 aromatic rings. The first kappa shape index (κ1) is 14.1. The highest BCUT2D eigenvalue weighted by Gasteiger charge is 2.12. The van der Waals surface area contributed by atoms with Crippen LogP contribution in [0, 0.1) is 0 Å². The number of thioether (sulfide) groups is 1. The van der Waals surface area contributed by atoms with Crippen molar-refractivity contribution in [1.29, 1.82) is 0 Å². The first-order valence-corrected chi connectivity index (χ1v) is 3.89. The van der Waals surface area contributed by atoms with Gasteiger partial charge in [0, 0.05) is 12.8 Å². The Morgan fingerprint density at radius 2 is 2.17 bits per heavy atom. The zero-order valence-electron chi connectivity index (χ0n) is 6.44. The number of nitrogens with two attached hydrogens (primary N) is 1. The van der Waals surface area contributed by atoms with Gasteiger partial charge in [0.05, 0.1) is 0 Å². The van der Waals surface area contributed by atoms with Gasteiger partial charge in [0.15, 0.2) is 0 Å². The number of aliphatic carboxylic acids is 1. The van der Waals surface area contributed by atoms with Gasteiger partial charge < -0.3 is 16.2 Å². The van der Waals surface area contributed by atoms with Gasteiger partial charge in [-0.15, -0.1) is 12.4 Å². The van der Waals surface area contributed by atoms with Crippen LogP contribution in [0.4, 0.5) is 4.79 Å². The number of nitrogens with one attached hydrogen (secondary N) is 1. The summed E-state index contributed by atoms with van der Waals surface area (Å²) in [6, 6.07) is -0.975. The topological polar surface area (TPSA) is 92.4 Å². The van der Waals surface area contributed by atoms with E-state index in [0.29, 0.717) is 0 Å². The van der Waals surface area contributed by atoms with Gasteiger partial charge in [0.2, 0.25) is 0 Å². The lowest BCUT2D eigenvalue weighted by Gasteiger charge is -2.03. The summed E-state index contributed by atoms with van der Waals surface area (Å²) >= 11 is 0.857. The molecule has 0 aromatic carbocycles. The SMILES string of the molecule is CNC(=O)SC[C@H](N)C(=O)O.Cl. The van der Waals surface area contributed by atoms with Crippen molar-refractivity contribution in [3.63, 3.8) is 0 Å². The van der Waals surface area contributed by atoms with Gasteiger partial charge >= 0.3 is 5.97 Å². The largest absolute Gasteiger partial charge is 0.480 e. The molecule has 0 heterocycles. The molecule has 72 valence electrons. The number of carboxylic acid groups (broad SMARTS) is 1. The van der Waals surface area contributed by atoms with E-state index in [-0.39, 0.29) is 23.4 Å². The number of amides is 1. The highest BCUT2D eigenvalue weighted by atomic mass is 35.5. The highest BCUT2D eigenvalue weighted by molar-refractivity contribution is 8.13. The number of carbonyl (C=O) groups excluding carboxylic acids is 1. The molecule has 5 nitrogen and oxygen atoms in total. The van der Waals surface area contributed by atoms with E-state index in [1.807, 2.05) is 0 Å². The van der Waals surface area contributed by atoms with E-state index >= 15 is 0 Å². The summed E-state index contributed by atoms with van der Waals surface area (Å²) in [6.45, 7) is 0. The van der Waals surface area contributed by atoms with Crippen LogP contribution in [0.25, 0.3) is 0 Å². The van der Waals surface area contributed by atoms with E-state index < -0.39 is 12.0 Å². The lowest BCUT2D eigenvalue weighted by Crippen LogP contribution is -2.33. The Morgan fingerprint density at radius 1 is 1.67 bits per heavy atom. The molecule has 0 aliphatic carbocycles. The average Bonchev–Trinajstić information content (AvgIpc) is 1.99. The van der Waals surface area contributed by atoms with Crippen LogP contribution in [0.1, 0.15) is 0 Å². The van der Waals surface area contributed by atoms with Gasteiger partial charge in [-0.25, -0.2) is 0 Å². The van der Waals surface area contributed by atoms with Crippen LogP contribution in [0.15, 0.2) is 0 Å². The number of rotatable bonds is 3. The van der Waals surface area contributed by atoms with Gasteiger partial charge in [0.25, 0.3) is 5.24 Å². The van der Waals surface area contributed by atoms with Crippen molar-refractivity contribution >= 4 is 35.4 Å². The standard InChI is InChI=1S/C5H10N2O3S.ClH/c1-7-5(10)11-2-3(6)4(8)9;/h3H,2,6H2,1H3,(H,7,10)(H,8,9);1H/t3-;/m0./s1. The van der Waals surface area contributed by atoms with Gasteiger partial charge in [-0.05, 0) is 0 Å². The van der Waals surface area contributed by atoms with Crippen molar-refractivity contribution in [2.24, 2.45) is 5.73 Å².